The highest BCUT2D eigenvalue weighted by molar-refractivity contribution is 6.31. The van der Waals surface area contributed by atoms with Gasteiger partial charge in [0, 0.05) is 18.0 Å². The summed E-state index contributed by atoms with van der Waals surface area (Å²) in [5.74, 6) is 0.511. The summed E-state index contributed by atoms with van der Waals surface area (Å²) in [5, 5.41) is 3.86. The summed E-state index contributed by atoms with van der Waals surface area (Å²) in [5.41, 5.74) is 1.12. The first-order valence-electron chi connectivity index (χ1n) is 7.83. The predicted molar refractivity (Wildman–Crippen MR) is 87.5 cm³/mol. The van der Waals surface area contributed by atoms with Gasteiger partial charge in [-0.15, -0.1) is 0 Å². The van der Waals surface area contributed by atoms with Crippen LogP contribution < -0.4 is 5.32 Å². The van der Waals surface area contributed by atoms with Gasteiger partial charge in [-0.25, -0.2) is 0 Å². The molecule has 1 aromatic rings. The van der Waals surface area contributed by atoms with Gasteiger partial charge in [-0.3, -0.25) is 9.69 Å². The van der Waals surface area contributed by atoms with Crippen molar-refractivity contribution in [1.29, 1.82) is 0 Å². The Morgan fingerprint density at radius 2 is 1.95 bits per heavy atom. The van der Waals surface area contributed by atoms with E-state index in [0.29, 0.717) is 18.9 Å². The molecule has 0 aliphatic carbocycles. The summed E-state index contributed by atoms with van der Waals surface area (Å²) in [4.78, 5) is 14.4. The van der Waals surface area contributed by atoms with Gasteiger partial charge >= 0.3 is 0 Å². The molecule has 1 heterocycles. The second-order valence-electron chi connectivity index (χ2n) is 6.18. The Hall–Kier alpha value is -1.06. The van der Waals surface area contributed by atoms with E-state index in [-0.39, 0.29) is 11.9 Å². The molecule has 0 radical (unpaired) electrons. The van der Waals surface area contributed by atoms with Crippen molar-refractivity contribution in [3.05, 3.63) is 34.9 Å². The first kappa shape index (κ1) is 16.3. The molecule has 0 aromatic heterocycles. The standard InChI is InChI=1S/C17H25ClN2O/c1-13(2)11-17(21)19-12-16(20-9-5-6-10-20)14-7-3-4-8-15(14)18/h3-4,7-8,13,16H,5-6,9-12H2,1-2H3,(H,19,21)/t16-/m1/s1. The molecule has 21 heavy (non-hydrogen) atoms. The van der Waals surface area contributed by atoms with Gasteiger partial charge in [0.15, 0.2) is 0 Å². The largest absolute Gasteiger partial charge is 0.354 e. The van der Waals surface area contributed by atoms with Crippen molar-refractivity contribution in [1.82, 2.24) is 10.2 Å². The van der Waals surface area contributed by atoms with Crippen molar-refractivity contribution < 1.29 is 4.79 Å². The Balaban J connectivity index is 2.06. The van der Waals surface area contributed by atoms with E-state index in [1.165, 1.54) is 12.8 Å². The second-order valence-corrected chi connectivity index (χ2v) is 6.59. The summed E-state index contributed by atoms with van der Waals surface area (Å²) < 4.78 is 0. The first-order chi connectivity index (χ1) is 10.1. The highest BCUT2D eigenvalue weighted by Crippen LogP contribution is 2.29. The number of benzene rings is 1. The SMILES string of the molecule is CC(C)CC(=O)NC[C@H](c1ccccc1Cl)N1CCCC1. The Morgan fingerprint density at radius 3 is 2.57 bits per heavy atom. The third kappa shape index (κ3) is 4.72. The molecule has 1 aliphatic rings. The molecule has 4 heteroatoms. The van der Waals surface area contributed by atoms with E-state index in [4.69, 9.17) is 11.6 Å². The van der Waals surface area contributed by atoms with Crippen LogP contribution in [0.15, 0.2) is 24.3 Å². The molecular formula is C17H25ClN2O. The van der Waals surface area contributed by atoms with Gasteiger partial charge in [0.2, 0.25) is 5.91 Å². The minimum absolute atomic E-state index is 0.126. The average Bonchev–Trinajstić information content (AvgIpc) is 2.94. The van der Waals surface area contributed by atoms with Gasteiger partial charge in [-0.2, -0.15) is 0 Å². The fourth-order valence-electron chi connectivity index (χ4n) is 2.89. The lowest BCUT2D eigenvalue weighted by molar-refractivity contribution is -0.122. The maximum atomic E-state index is 11.9. The Bertz CT molecular complexity index is 470. The van der Waals surface area contributed by atoms with E-state index in [1.54, 1.807) is 0 Å². The van der Waals surface area contributed by atoms with E-state index in [2.05, 4.69) is 30.1 Å². The van der Waals surface area contributed by atoms with Crippen molar-refractivity contribution in [3.8, 4) is 0 Å². The van der Waals surface area contributed by atoms with Crippen LogP contribution in [0.1, 0.15) is 44.7 Å². The molecule has 3 nitrogen and oxygen atoms in total. The minimum atomic E-state index is 0.126. The lowest BCUT2D eigenvalue weighted by Gasteiger charge is -2.29. The van der Waals surface area contributed by atoms with Crippen LogP contribution in [0.4, 0.5) is 0 Å². The van der Waals surface area contributed by atoms with Crippen molar-refractivity contribution in [2.45, 2.75) is 39.2 Å². The number of hydrogen-bond donors (Lipinski definition) is 1. The summed E-state index contributed by atoms with van der Waals surface area (Å²) in [6, 6.07) is 8.14. The van der Waals surface area contributed by atoms with E-state index in [0.717, 1.165) is 23.7 Å². The number of carbonyl (C=O) groups is 1. The molecule has 1 atom stereocenters. The van der Waals surface area contributed by atoms with Crippen molar-refractivity contribution >= 4 is 17.5 Å². The molecule has 0 unspecified atom stereocenters. The number of carbonyl (C=O) groups excluding carboxylic acids is 1. The lowest BCUT2D eigenvalue weighted by Crippen LogP contribution is -2.37. The van der Waals surface area contributed by atoms with Crippen LogP contribution in [0.25, 0.3) is 0 Å². The molecule has 0 bridgehead atoms. The van der Waals surface area contributed by atoms with Gasteiger partial charge in [0.1, 0.15) is 0 Å². The molecule has 2 rings (SSSR count). The Labute approximate surface area is 132 Å². The van der Waals surface area contributed by atoms with Crippen LogP contribution in [-0.2, 0) is 4.79 Å². The molecule has 1 amide bonds. The average molecular weight is 309 g/mol. The Kier molecular flexibility index (Phi) is 6.07. The molecule has 0 saturated carbocycles. The summed E-state index contributed by atoms with van der Waals surface area (Å²) in [6.07, 6.45) is 3.02. The highest BCUT2D eigenvalue weighted by atomic mass is 35.5. The number of halogens is 1. The van der Waals surface area contributed by atoms with E-state index < -0.39 is 0 Å². The zero-order valence-corrected chi connectivity index (χ0v) is 13.7. The molecule has 116 valence electrons. The quantitative estimate of drug-likeness (QED) is 0.870. The molecule has 1 aliphatic heterocycles. The maximum Gasteiger partial charge on any atom is 0.220 e. The molecule has 1 saturated heterocycles. The fourth-order valence-corrected chi connectivity index (χ4v) is 3.15. The van der Waals surface area contributed by atoms with E-state index in [9.17, 15) is 4.79 Å². The molecule has 1 aromatic carbocycles. The van der Waals surface area contributed by atoms with Crippen LogP contribution in [0, 0.1) is 5.92 Å². The highest BCUT2D eigenvalue weighted by Gasteiger charge is 2.25. The molecule has 1 fully saturated rings. The third-order valence-corrected chi connectivity index (χ3v) is 4.28. The zero-order chi connectivity index (χ0) is 15.2. The second kappa shape index (κ2) is 7.81. The lowest BCUT2D eigenvalue weighted by atomic mass is 10.0. The predicted octanol–water partition coefficient (Wildman–Crippen LogP) is 3.64. The first-order valence-corrected chi connectivity index (χ1v) is 8.21. The minimum Gasteiger partial charge on any atom is -0.354 e. The van der Waals surface area contributed by atoms with Crippen LogP contribution in [0.5, 0.6) is 0 Å². The van der Waals surface area contributed by atoms with Crippen LogP contribution in [0.3, 0.4) is 0 Å². The van der Waals surface area contributed by atoms with Crippen molar-refractivity contribution in [2.24, 2.45) is 5.92 Å². The van der Waals surface area contributed by atoms with Gasteiger partial charge in [-0.05, 0) is 43.5 Å². The van der Waals surface area contributed by atoms with Crippen molar-refractivity contribution in [3.63, 3.8) is 0 Å². The molecule has 1 N–H and O–H groups in total. The van der Waals surface area contributed by atoms with E-state index >= 15 is 0 Å². The summed E-state index contributed by atoms with van der Waals surface area (Å²) in [6.45, 7) is 6.92. The number of amides is 1. The number of rotatable bonds is 6. The number of likely N-dealkylation sites (tertiary alicyclic amines) is 1. The summed E-state index contributed by atoms with van der Waals surface area (Å²) in [7, 11) is 0. The topological polar surface area (TPSA) is 32.3 Å². The number of nitrogens with zero attached hydrogens (tertiary/aromatic N) is 1. The van der Waals surface area contributed by atoms with Gasteiger partial charge in [0.05, 0.1) is 6.04 Å². The number of hydrogen-bond acceptors (Lipinski definition) is 2. The monoisotopic (exact) mass is 308 g/mol. The van der Waals surface area contributed by atoms with Crippen LogP contribution in [0.2, 0.25) is 5.02 Å². The van der Waals surface area contributed by atoms with Crippen LogP contribution in [-0.4, -0.2) is 30.4 Å². The third-order valence-electron chi connectivity index (χ3n) is 3.93. The van der Waals surface area contributed by atoms with Crippen molar-refractivity contribution in [2.75, 3.05) is 19.6 Å². The molecule has 0 spiro atoms. The fraction of sp³-hybridized carbons (Fsp3) is 0.588. The zero-order valence-electron chi connectivity index (χ0n) is 12.9. The maximum absolute atomic E-state index is 11.9. The van der Waals surface area contributed by atoms with E-state index in [1.807, 2.05) is 18.2 Å². The van der Waals surface area contributed by atoms with Gasteiger partial charge < -0.3 is 5.32 Å². The summed E-state index contributed by atoms with van der Waals surface area (Å²) >= 11 is 6.36. The van der Waals surface area contributed by atoms with Gasteiger partial charge in [-0.1, -0.05) is 43.6 Å². The Morgan fingerprint density at radius 1 is 1.29 bits per heavy atom. The normalized spacial score (nSPS) is 17.1. The number of nitrogens with one attached hydrogen (secondary N) is 1. The van der Waals surface area contributed by atoms with Crippen LogP contribution >= 0.6 is 11.6 Å². The molecular weight excluding hydrogens is 284 g/mol. The smallest absolute Gasteiger partial charge is 0.220 e. The van der Waals surface area contributed by atoms with Gasteiger partial charge in [0.25, 0.3) is 0 Å².